The number of carbonyl (C=O) groups excluding carboxylic acids is 1. The second-order valence-corrected chi connectivity index (χ2v) is 10.3. The first-order valence-electron chi connectivity index (χ1n) is 13.5. The molecule has 224 valence electrons. The smallest absolute Gasteiger partial charge is 0.257 e. The highest BCUT2D eigenvalue weighted by molar-refractivity contribution is 5.93. The fourth-order valence-corrected chi connectivity index (χ4v) is 5.00. The third-order valence-electron chi connectivity index (χ3n) is 7.47. The molecule has 5 rings (SSSR count). The number of carbonyl (C=O) groups is 1. The molecule has 0 unspecified atom stereocenters. The van der Waals surface area contributed by atoms with Gasteiger partial charge in [0.05, 0.1) is 37.6 Å². The second-order valence-electron chi connectivity index (χ2n) is 10.3. The Kier molecular flexibility index (Phi) is 8.85. The van der Waals surface area contributed by atoms with Crippen LogP contribution in [0.3, 0.4) is 0 Å². The average Bonchev–Trinajstić information content (AvgIpc) is 2.97. The van der Waals surface area contributed by atoms with Crippen molar-refractivity contribution in [3.05, 3.63) is 76.0 Å². The quantitative estimate of drug-likeness (QED) is 0.384. The van der Waals surface area contributed by atoms with Crippen LogP contribution in [0.5, 0.6) is 11.6 Å². The maximum atomic E-state index is 15.2. The van der Waals surface area contributed by atoms with Gasteiger partial charge in [0.25, 0.3) is 17.4 Å². The van der Waals surface area contributed by atoms with Crippen LogP contribution in [0.1, 0.15) is 30.4 Å². The van der Waals surface area contributed by atoms with Gasteiger partial charge < -0.3 is 19.8 Å². The first kappa shape index (κ1) is 29.6. The van der Waals surface area contributed by atoms with Crippen LogP contribution in [-0.4, -0.2) is 82.0 Å². The van der Waals surface area contributed by atoms with Gasteiger partial charge in [-0.25, -0.2) is 27.5 Å². The summed E-state index contributed by atoms with van der Waals surface area (Å²) in [6, 6.07) is 4.25. The Morgan fingerprint density at radius 1 is 1.19 bits per heavy atom. The highest BCUT2D eigenvalue weighted by atomic mass is 19.3. The fraction of sp³-hybridized carbons (Fsp3) is 0.429. The van der Waals surface area contributed by atoms with E-state index in [2.05, 4.69) is 20.3 Å². The third kappa shape index (κ3) is 6.94. The van der Waals surface area contributed by atoms with Gasteiger partial charge in [-0.15, -0.1) is 0 Å². The van der Waals surface area contributed by atoms with Gasteiger partial charge in [-0.1, -0.05) is 0 Å². The number of likely N-dealkylation sites (tertiary alicyclic amines) is 1. The van der Waals surface area contributed by atoms with E-state index < -0.39 is 47.7 Å². The molecule has 0 bridgehead atoms. The SMILES string of the molecule is C[C@@H](C(=O)Nc1ccc(Oc2ncc(F)cc2F)cn1)N1CCC(F)(F)[C@@H](c2c[nH]c(=O)c(CN3CCOCC3)c2)C1. The predicted molar refractivity (Wildman–Crippen MR) is 144 cm³/mol. The third-order valence-corrected chi connectivity index (χ3v) is 7.47. The van der Waals surface area contributed by atoms with Gasteiger partial charge in [0.2, 0.25) is 5.91 Å². The number of aromatic nitrogens is 3. The number of pyridine rings is 3. The van der Waals surface area contributed by atoms with E-state index >= 15 is 8.78 Å². The minimum atomic E-state index is -3.03. The van der Waals surface area contributed by atoms with Crippen molar-refractivity contribution >= 4 is 11.7 Å². The van der Waals surface area contributed by atoms with Crippen LogP contribution in [0.2, 0.25) is 0 Å². The zero-order valence-electron chi connectivity index (χ0n) is 22.8. The zero-order chi connectivity index (χ0) is 29.9. The van der Waals surface area contributed by atoms with E-state index in [1.807, 2.05) is 4.90 Å². The maximum Gasteiger partial charge on any atom is 0.257 e. The Morgan fingerprint density at radius 3 is 2.69 bits per heavy atom. The molecule has 2 saturated heterocycles. The minimum Gasteiger partial charge on any atom is -0.435 e. The van der Waals surface area contributed by atoms with Crippen LogP contribution < -0.4 is 15.6 Å². The molecule has 5 heterocycles. The van der Waals surface area contributed by atoms with Crippen LogP contribution in [0, 0.1) is 11.6 Å². The number of alkyl halides is 2. The van der Waals surface area contributed by atoms with Crippen molar-refractivity contribution in [3.63, 3.8) is 0 Å². The molecule has 42 heavy (non-hydrogen) atoms. The van der Waals surface area contributed by atoms with Gasteiger partial charge in [0.15, 0.2) is 5.82 Å². The molecule has 3 aromatic heterocycles. The molecule has 14 heteroatoms. The molecule has 0 saturated carbocycles. The number of nitrogens with zero attached hydrogens (tertiary/aromatic N) is 4. The number of aromatic amines is 1. The number of H-pyrrole nitrogens is 1. The summed E-state index contributed by atoms with van der Waals surface area (Å²) in [7, 11) is 0. The van der Waals surface area contributed by atoms with E-state index in [-0.39, 0.29) is 30.2 Å². The number of amides is 1. The Labute approximate surface area is 238 Å². The number of rotatable bonds is 8. The standard InChI is InChI=1S/C28H30F4N6O4/c1-17(25(39)36-24-3-2-21(14-33-24)42-27-23(30)11-20(29)13-35-27)38-5-4-28(31,32)22(16-38)18-10-19(26(40)34-12-18)15-37-6-8-41-9-7-37/h2-3,10-14,17,22H,4-9,15-16H2,1H3,(H,34,40)(H,33,36,39)/t17-,22+/m0/s1. The van der Waals surface area contributed by atoms with E-state index in [9.17, 15) is 18.4 Å². The van der Waals surface area contributed by atoms with Gasteiger partial charge in [0.1, 0.15) is 17.4 Å². The van der Waals surface area contributed by atoms with E-state index in [1.165, 1.54) is 24.5 Å². The van der Waals surface area contributed by atoms with Crippen LogP contribution in [0.25, 0.3) is 0 Å². The molecule has 2 fully saturated rings. The summed E-state index contributed by atoms with van der Waals surface area (Å²) >= 11 is 0. The van der Waals surface area contributed by atoms with Crippen LogP contribution in [0.4, 0.5) is 23.4 Å². The molecule has 0 spiro atoms. The van der Waals surface area contributed by atoms with Crippen molar-refractivity contribution in [3.8, 4) is 11.6 Å². The van der Waals surface area contributed by atoms with Gasteiger partial charge in [-0.2, -0.15) is 0 Å². The summed E-state index contributed by atoms with van der Waals surface area (Å²) in [5, 5.41) is 2.65. The Balaban J connectivity index is 1.23. The summed E-state index contributed by atoms with van der Waals surface area (Å²) in [5.74, 6) is -6.71. The van der Waals surface area contributed by atoms with Crippen molar-refractivity contribution in [2.75, 3.05) is 44.7 Å². The Bertz CT molecular complexity index is 1470. The summed E-state index contributed by atoms with van der Waals surface area (Å²) < 4.78 is 67.7. The normalized spacial score (nSPS) is 20.2. The molecular formula is C28H30F4N6O4. The van der Waals surface area contributed by atoms with E-state index in [0.717, 1.165) is 6.20 Å². The molecule has 3 aromatic rings. The van der Waals surface area contributed by atoms with Crippen LogP contribution in [0.15, 0.2) is 47.7 Å². The maximum absolute atomic E-state index is 15.2. The van der Waals surface area contributed by atoms with E-state index in [1.54, 1.807) is 17.9 Å². The Morgan fingerprint density at radius 2 is 1.98 bits per heavy atom. The highest BCUT2D eigenvalue weighted by Gasteiger charge is 2.46. The topological polar surface area (TPSA) is 113 Å². The molecule has 1 amide bonds. The van der Waals surface area contributed by atoms with E-state index in [4.69, 9.17) is 9.47 Å². The molecule has 0 aliphatic carbocycles. The molecule has 10 nitrogen and oxygen atoms in total. The van der Waals surface area contributed by atoms with Crippen molar-refractivity contribution in [1.29, 1.82) is 0 Å². The average molecular weight is 591 g/mol. The first-order chi connectivity index (χ1) is 20.1. The molecule has 2 atom stereocenters. The lowest BCUT2D eigenvalue weighted by Crippen LogP contribution is -2.52. The van der Waals surface area contributed by atoms with Gasteiger partial charge in [0, 0.05) is 57.0 Å². The number of anilines is 1. The number of nitrogens with one attached hydrogen (secondary N) is 2. The second kappa shape index (κ2) is 12.5. The fourth-order valence-electron chi connectivity index (χ4n) is 5.00. The molecular weight excluding hydrogens is 560 g/mol. The number of hydrogen-bond donors (Lipinski definition) is 2. The molecule has 0 radical (unpaired) electrons. The van der Waals surface area contributed by atoms with E-state index in [0.29, 0.717) is 50.0 Å². The summed E-state index contributed by atoms with van der Waals surface area (Å²) in [6.45, 7) is 4.25. The number of halogens is 4. The highest BCUT2D eigenvalue weighted by Crippen LogP contribution is 2.40. The summed E-state index contributed by atoms with van der Waals surface area (Å²) in [5.41, 5.74) is 0.394. The number of hydrogen-bond acceptors (Lipinski definition) is 8. The summed E-state index contributed by atoms with van der Waals surface area (Å²) in [4.78, 5) is 39.4. The lowest BCUT2D eigenvalue weighted by molar-refractivity contribution is -0.125. The van der Waals surface area contributed by atoms with Crippen molar-refractivity contribution in [2.45, 2.75) is 37.8 Å². The van der Waals surface area contributed by atoms with Crippen molar-refractivity contribution < 1.29 is 31.8 Å². The zero-order valence-corrected chi connectivity index (χ0v) is 22.8. The van der Waals surface area contributed by atoms with Gasteiger partial charge in [-0.3, -0.25) is 19.4 Å². The largest absolute Gasteiger partial charge is 0.435 e. The number of piperidine rings is 1. The van der Waals surface area contributed by atoms with Crippen molar-refractivity contribution in [1.82, 2.24) is 24.8 Å². The van der Waals surface area contributed by atoms with Crippen LogP contribution >= 0.6 is 0 Å². The van der Waals surface area contributed by atoms with Gasteiger partial charge in [-0.05, 0) is 30.7 Å². The Hall–Kier alpha value is -3.88. The minimum absolute atomic E-state index is 0.00147. The predicted octanol–water partition coefficient (Wildman–Crippen LogP) is 3.52. The molecule has 2 N–H and O–H groups in total. The lowest BCUT2D eigenvalue weighted by Gasteiger charge is -2.40. The van der Waals surface area contributed by atoms with Gasteiger partial charge >= 0.3 is 0 Å². The monoisotopic (exact) mass is 590 g/mol. The number of morpholine rings is 1. The van der Waals surface area contributed by atoms with Crippen LogP contribution in [-0.2, 0) is 16.1 Å². The summed E-state index contributed by atoms with van der Waals surface area (Å²) in [6.07, 6.45) is 2.92. The molecule has 2 aliphatic rings. The molecule has 2 aliphatic heterocycles. The first-order valence-corrected chi connectivity index (χ1v) is 13.5. The lowest BCUT2D eigenvalue weighted by atomic mass is 9.86. The molecule has 0 aromatic carbocycles. The van der Waals surface area contributed by atoms with Crippen molar-refractivity contribution in [2.24, 2.45) is 0 Å². The number of ether oxygens (including phenoxy) is 2.